The Morgan fingerprint density at radius 2 is 1.28 bits per heavy atom. The van der Waals surface area contributed by atoms with Crippen LogP contribution in [0.1, 0.15) is 11.1 Å². The lowest BCUT2D eigenvalue weighted by molar-refractivity contribution is -0.314. The van der Waals surface area contributed by atoms with Crippen molar-refractivity contribution < 1.29 is 28.4 Å². The van der Waals surface area contributed by atoms with Gasteiger partial charge in [-0.1, -0.05) is 60.7 Å². The molecule has 5 atom stereocenters. The molecular weight excluding hydrogens is 372 g/mol. The Kier molecular flexibility index (Phi) is 8.61. The summed E-state index contributed by atoms with van der Waals surface area (Å²) in [6.07, 6.45) is -2.05. The molecule has 0 bridgehead atoms. The van der Waals surface area contributed by atoms with E-state index in [1.165, 1.54) is 0 Å². The van der Waals surface area contributed by atoms with E-state index in [-0.39, 0.29) is 18.3 Å². The summed E-state index contributed by atoms with van der Waals surface area (Å²) >= 11 is 0. The van der Waals surface area contributed by atoms with Gasteiger partial charge < -0.3 is 28.4 Å². The third kappa shape index (κ3) is 5.85. The van der Waals surface area contributed by atoms with Crippen molar-refractivity contribution in [2.75, 3.05) is 27.9 Å². The zero-order valence-corrected chi connectivity index (χ0v) is 17.2. The highest BCUT2D eigenvalue weighted by Crippen LogP contribution is 2.29. The predicted octanol–water partition coefficient (Wildman–Crippen LogP) is 3.19. The lowest BCUT2D eigenvalue weighted by atomic mass is 9.98. The van der Waals surface area contributed by atoms with E-state index in [4.69, 9.17) is 28.4 Å². The topological polar surface area (TPSA) is 55.4 Å². The second-order valence-electron chi connectivity index (χ2n) is 6.94. The Labute approximate surface area is 172 Å². The SMILES string of the molecule is CO[C@H]1O[C@H](COCc2ccccc2)[C@@H](OC)[C@H](OC)[C@H]1OCc1ccccc1. The molecular formula is C23H30O6. The minimum absolute atomic E-state index is 0.338. The lowest BCUT2D eigenvalue weighted by Crippen LogP contribution is -2.61. The monoisotopic (exact) mass is 402 g/mol. The van der Waals surface area contributed by atoms with E-state index in [9.17, 15) is 0 Å². The number of ether oxygens (including phenoxy) is 6. The van der Waals surface area contributed by atoms with Crippen LogP contribution in [0, 0.1) is 0 Å². The van der Waals surface area contributed by atoms with Crippen LogP contribution in [0.25, 0.3) is 0 Å². The Morgan fingerprint density at radius 3 is 1.83 bits per heavy atom. The highest BCUT2D eigenvalue weighted by Gasteiger charge is 2.47. The Balaban J connectivity index is 1.63. The molecule has 1 heterocycles. The van der Waals surface area contributed by atoms with Gasteiger partial charge in [0.2, 0.25) is 0 Å². The van der Waals surface area contributed by atoms with E-state index in [1.54, 1.807) is 21.3 Å². The second kappa shape index (κ2) is 11.4. The first-order valence-electron chi connectivity index (χ1n) is 9.78. The summed E-state index contributed by atoms with van der Waals surface area (Å²) in [6.45, 7) is 1.29. The van der Waals surface area contributed by atoms with Crippen molar-refractivity contribution in [1.82, 2.24) is 0 Å². The van der Waals surface area contributed by atoms with Gasteiger partial charge in [-0.05, 0) is 11.1 Å². The van der Waals surface area contributed by atoms with Crippen molar-refractivity contribution in [3.63, 3.8) is 0 Å². The Morgan fingerprint density at radius 1 is 0.690 bits per heavy atom. The van der Waals surface area contributed by atoms with Gasteiger partial charge in [-0.3, -0.25) is 0 Å². The molecule has 0 N–H and O–H groups in total. The molecule has 0 aliphatic carbocycles. The summed E-state index contributed by atoms with van der Waals surface area (Å²) in [7, 11) is 4.90. The molecule has 158 valence electrons. The third-order valence-corrected chi connectivity index (χ3v) is 5.05. The van der Waals surface area contributed by atoms with Gasteiger partial charge in [0.05, 0.1) is 19.8 Å². The summed E-state index contributed by atoms with van der Waals surface area (Å²) < 4.78 is 35.2. The zero-order valence-electron chi connectivity index (χ0n) is 17.2. The zero-order chi connectivity index (χ0) is 20.5. The van der Waals surface area contributed by atoms with Crippen LogP contribution in [-0.4, -0.2) is 58.6 Å². The number of methoxy groups -OCH3 is 3. The molecule has 1 fully saturated rings. The van der Waals surface area contributed by atoms with Crippen molar-refractivity contribution >= 4 is 0 Å². The summed E-state index contributed by atoms with van der Waals surface area (Å²) in [5.74, 6) is 0. The second-order valence-corrected chi connectivity index (χ2v) is 6.94. The maximum Gasteiger partial charge on any atom is 0.186 e. The Hall–Kier alpha value is -1.80. The van der Waals surface area contributed by atoms with Crippen LogP contribution >= 0.6 is 0 Å². The first-order valence-corrected chi connectivity index (χ1v) is 9.78. The number of hydrogen-bond donors (Lipinski definition) is 0. The van der Waals surface area contributed by atoms with E-state index in [2.05, 4.69) is 0 Å². The standard InChI is InChI=1S/C23H30O6/c1-24-20-19(16-27-14-17-10-6-4-7-11-17)29-23(26-3)22(21(20)25-2)28-15-18-12-8-5-9-13-18/h4-13,19-23H,14-16H2,1-3H3/t19-,20-,21+,22-,23+/m1/s1. The van der Waals surface area contributed by atoms with Crippen molar-refractivity contribution in [1.29, 1.82) is 0 Å². The summed E-state index contributed by atoms with van der Waals surface area (Å²) in [4.78, 5) is 0. The fraction of sp³-hybridized carbons (Fsp3) is 0.478. The molecule has 0 amide bonds. The van der Waals surface area contributed by atoms with E-state index < -0.39 is 12.4 Å². The molecule has 0 radical (unpaired) electrons. The third-order valence-electron chi connectivity index (χ3n) is 5.05. The minimum Gasteiger partial charge on any atom is -0.376 e. The molecule has 29 heavy (non-hydrogen) atoms. The summed E-state index contributed by atoms with van der Waals surface area (Å²) in [5, 5.41) is 0. The largest absolute Gasteiger partial charge is 0.376 e. The fourth-order valence-electron chi connectivity index (χ4n) is 3.57. The van der Waals surface area contributed by atoms with Gasteiger partial charge >= 0.3 is 0 Å². The molecule has 0 aromatic heterocycles. The van der Waals surface area contributed by atoms with Gasteiger partial charge in [-0.15, -0.1) is 0 Å². The van der Waals surface area contributed by atoms with E-state index in [0.29, 0.717) is 19.8 Å². The van der Waals surface area contributed by atoms with Crippen LogP contribution in [0.5, 0.6) is 0 Å². The maximum absolute atomic E-state index is 6.13. The number of benzene rings is 2. The van der Waals surface area contributed by atoms with Crippen LogP contribution in [-0.2, 0) is 41.6 Å². The van der Waals surface area contributed by atoms with Crippen LogP contribution in [0.2, 0.25) is 0 Å². The molecule has 3 rings (SSSR count). The number of rotatable bonds is 10. The highest BCUT2D eigenvalue weighted by atomic mass is 16.7. The average molecular weight is 402 g/mol. The normalized spacial score (nSPS) is 27.1. The molecule has 0 unspecified atom stereocenters. The lowest BCUT2D eigenvalue weighted by Gasteiger charge is -2.44. The minimum atomic E-state index is -0.583. The van der Waals surface area contributed by atoms with Gasteiger partial charge in [-0.2, -0.15) is 0 Å². The quantitative estimate of drug-likeness (QED) is 0.608. The van der Waals surface area contributed by atoms with Crippen LogP contribution in [0.3, 0.4) is 0 Å². The van der Waals surface area contributed by atoms with Crippen LogP contribution < -0.4 is 0 Å². The molecule has 1 saturated heterocycles. The van der Waals surface area contributed by atoms with Crippen molar-refractivity contribution in [3.8, 4) is 0 Å². The van der Waals surface area contributed by atoms with Crippen LogP contribution in [0.4, 0.5) is 0 Å². The van der Waals surface area contributed by atoms with E-state index in [1.807, 2.05) is 60.7 Å². The maximum atomic E-state index is 6.13. The molecule has 2 aromatic rings. The first kappa shape index (κ1) is 21.9. The molecule has 6 nitrogen and oxygen atoms in total. The molecule has 1 aliphatic rings. The van der Waals surface area contributed by atoms with Gasteiger partial charge in [-0.25, -0.2) is 0 Å². The van der Waals surface area contributed by atoms with Gasteiger partial charge in [0.25, 0.3) is 0 Å². The van der Waals surface area contributed by atoms with Gasteiger partial charge in [0.15, 0.2) is 6.29 Å². The van der Waals surface area contributed by atoms with Crippen molar-refractivity contribution in [2.24, 2.45) is 0 Å². The molecule has 0 saturated carbocycles. The van der Waals surface area contributed by atoms with E-state index >= 15 is 0 Å². The smallest absolute Gasteiger partial charge is 0.186 e. The highest BCUT2D eigenvalue weighted by molar-refractivity contribution is 5.14. The molecule has 6 heteroatoms. The predicted molar refractivity (Wildman–Crippen MR) is 108 cm³/mol. The van der Waals surface area contributed by atoms with Gasteiger partial charge in [0.1, 0.15) is 24.4 Å². The average Bonchev–Trinajstić information content (AvgIpc) is 2.78. The molecule has 2 aromatic carbocycles. The fourth-order valence-corrected chi connectivity index (χ4v) is 3.57. The number of hydrogen-bond acceptors (Lipinski definition) is 6. The van der Waals surface area contributed by atoms with Crippen molar-refractivity contribution in [2.45, 2.75) is 43.9 Å². The van der Waals surface area contributed by atoms with Crippen molar-refractivity contribution in [3.05, 3.63) is 71.8 Å². The first-order chi connectivity index (χ1) is 14.3. The van der Waals surface area contributed by atoms with Gasteiger partial charge in [0, 0.05) is 21.3 Å². The summed E-state index contributed by atoms with van der Waals surface area (Å²) in [6, 6.07) is 20.0. The Bertz CT molecular complexity index is 695. The summed E-state index contributed by atoms with van der Waals surface area (Å²) in [5.41, 5.74) is 2.17. The molecule has 1 aliphatic heterocycles. The van der Waals surface area contributed by atoms with Crippen LogP contribution in [0.15, 0.2) is 60.7 Å². The van der Waals surface area contributed by atoms with E-state index in [0.717, 1.165) is 11.1 Å². The molecule has 0 spiro atoms.